The van der Waals surface area contributed by atoms with Crippen LogP contribution in [-0.4, -0.2) is 48.9 Å². The molecule has 0 radical (unpaired) electrons. The Balaban J connectivity index is 1.78. The SMILES string of the molecule is CCOC[C@H]1CCN(C(=O)NC[C@@H](C)c2c(C)noc2C)C1. The average molecular weight is 309 g/mol. The Bertz CT molecular complexity index is 481. The highest BCUT2D eigenvalue weighted by atomic mass is 16.5. The number of amides is 2. The maximum Gasteiger partial charge on any atom is 0.317 e. The molecule has 1 fully saturated rings. The second-order valence-corrected chi connectivity index (χ2v) is 6.09. The van der Waals surface area contributed by atoms with Gasteiger partial charge in [0.05, 0.1) is 12.3 Å². The quantitative estimate of drug-likeness (QED) is 0.876. The number of aryl methyl sites for hydroxylation is 2. The standard InChI is InChI=1S/C16H27N3O3/c1-5-21-10-14-6-7-19(9-14)16(20)17-8-11(2)15-12(3)18-22-13(15)4/h11,14H,5-10H2,1-4H3,(H,17,20)/t11-,14+/m1/s1. The van der Waals surface area contributed by atoms with Crippen molar-refractivity contribution in [1.29, 1.82) is 0 Å². The first-order chi connectivity index (χ1) is 10.5. The molecule has 2 heterocycles. The van der Waals surface area contributed by atoms with E-state index in [1.54, 1.807) is 0 Å². The highest BCUT2D eigenvalue weighted by Gasteiger charge is 2.26. The van der Waals surface area contributed by atoms with E-state index in [-0.39, 0.29) is 11.9 Å². The molecule has 0 spiro atoms. The second kappa shape index (κ2) is 7.63. The second-order valence-electron chi connectivity index (χ2n) is 6.09. The van der Waals surface area contributed by atoms with Crippen LogP contribution in [0.3, 0.4) is 0 Å². The molecule has 124 valence electrons. The van der Waals surface area contributed by atoms with Crippen LogP contribution in [-0.2, 0) is 4.74 Å². The molecule has 0 saturated carbocycles. The monoisotopic (exact) mass is 309 g/mol. The minimum absolute atomic E-state index is 0.0117. The number of ether oxygens (including phenoxy) is 1. The number of carbonyl (C=O) groups excluding carboxylic acids is 1. The molecule has 6 nitrogen and oxygen atoms in total. The van der Waals surface area contributed by atoms with Gasteiger partial charge >= 0.3 is 6.03 Å². The Labute approximate surface area is 132 Å². The predicted octanol–water partition coefficient (Wildman–Crippen LogP) is 2.46. The van der Waals surface area contributed by atoms with Gasteiger partial charge in [-0.3, -0.25) is 0 Å². The number of aromatic nitrogens is 1. The van der Waals surface area contributed by atoms with Crippen molar-refractivity contribution in [2.45, 2.75) is 40.0 Å². The van der Waals surface area contributed by atoms with Gasteiger partial charge in [0.15, 0.2) is 0 Å². The van der Waals surface area contributed by atoms with E-state index in [1.807, 2.05) is 25.7 Å². The van der Waals surface area contributed by atoms with Gasteiger partial charge in [-0.1, -0.05) is 12.1 Å². The van der Waals surface area contributed by atoms with Crippen LogP contribution in [0.15, 0.2) is 4.52 Å². The van der Waals surface area contributed by atoms with Crippen molar-refractivity contribution in [3.8, 4) is 0 Å². The molecule has 22 heavy (non-hydrogen) atoms. The summed E-state index contributed by atoms with van der Waals surface area (Å²) in [4.78, 5) is 14.1. The van der Waals surface area contributed by atoms with E-state index in [0.717, 1.165) is 49.7 Å². The molecule has 0 aliphatic carbocycles. The van der Waals surface area contributed by atoms with Crippen LogP contribution < -0.4 is 5.32 Å². The predicted molar refractivity (Wildman–Crippen MR) is 84.0 cm³/mol. The number of carbonyl (C=O) groups is 1. The molecule has 2 atom stereocenters. The fraction of sp³-hybridized carbons (Fsp3) is 0.750. The topological polar surface area (TPSA) is 67.6 Å². The number of nitrogens with zero attached hydrogens (tertiary/aromatic N) is 2. The number of nitrogens with one attached hydrogen (secondary N) is 1. The Hall–Kier alpha value is -1.56. The maximum atomic E-state index is 12.2. The van der Waals surface area contributed by atoms with Crippen molar-refractivity contribution in [3.05, 3.63) is 17.0 Å². The minimum atomic E-state index is 0.0117. The van der Waals surface area contributed by atoms with E-state index in [4.69, 9.17) is 9.26 Å². The summed E-state index contributed by atoms with van der Waals surface area (Å²) in [5.41, 5.74) is 1.99. The lowest BCUT2D eigenvalue weighted by molar-refractivity contribution is 0.113. The summed E-state index contributed by atoms with van der Waals surface area (Å²) < 4.78 is 10.6. The first-order valence-corrected chi connectivity index (χ1v) is 8.06. The third-order valence-electron chi connectivity index (χ3n) is 4.27. The molecule has 2 rings (SSSR count). The van der Waals surface area contributed by atoms with Gasteiger partial charge in [0, 0.05) is 43.6 Å². The molecule has 1 aromatic heterocycles. The van der Waals surface area contributed by atoms with Gasteiger partial charge in [0.1, 0.15) is 5.76 Å². The fourth-order valence-electron chi connectivity index (χ4n) is 3.09. The van der Waals surface area contributed by atoms with E-state index in [1.165, 1.54) is 0 Å². The Morgan fingerprint density at radius 1 is 1.55 bits per heavy atom. The van der Waals surface area contributed by atoms with E-state index >= 15 is 0 Å². The molecule has 2 amide bonds. The van der Waals surface area contributed by atoms with Gasteiger partial charge in [-0.25, -0.2) is 4.79 Å². The molecular formula is C16H27N3O3. The average Bonchev–Trinajstić information content (AvgIpc) is 3.09. The summed E-state index contributed by atoms with van der Waals surface area (Å²) in [6.45, 7) is 11.6. The maximum absolute atomic E-state index is 12.2. The lowest BCUT2D eigenvalue weighted by Gasteiger charge is -2.19. The van der Waals surface area contributed by atoms with E-state index < -0.39 is 0 Å². The molecule has 1 aliphatic rings. The molecule has 0 bridgehead atoms. The van der Waals surface area contributed by atoms with Crippen LogP contribution in [0.4, 0.5) is 4.79 Å². The molecule has 6 heteroatoms. The first-order valence-electron chi connectivity index (χ1n) is 8.06. The van der Waals surface area contributed by atoms with Crippen LogP contribution in [0.5, 0.6) is 0 Å². The first kappa shape index (κ1) is 16.8. The number of hydrogen-bond donors (Lipinski definition) is 1. The zero-order chi connectivity index (χ0) is 16.1. The Morgan fingerprint density at radius 3 is 2.95 bits per heavy atom. The van der Waals surface area contributed by atoms with Gasteiger partial charge in [-0.2, -0.15) is 0 Å². The minimum Gasteiger partial charge on any atom is -0.381 e. The van der Waals surface area contributed by atoms with E-state index in [9.17, 15) is 4.79 Å². The number of likely N-dealkylation sites (tertiary alicyclic amines) is 1. The van der Waals surface area contributed by atoms with Gasteiger partial charge in [-0.15, -0.1) is 0 Å². The van der Waals surface area contributed by atoms with Gasteiger partial charge in [-0.05, 0) is 27.2 Å². The van der Waals surface area contributed by atoms with Gasteiger partial charge < -0.3 is 19.5 Å². The largest absolute Gasteiger partial charge is 0.381 e. The molecule has 0 unspecified atom stereocenters. The van der Waals surface area contributed by atoms with E-state index in [2.05, 4.69) is 17.4 Å². The summed E-state index contributed by atoms with van der Waals surface area (Å²) in [5, 5.41) is 6.99. The molecule has 0 aromatic carbocycles. The molecule has 1 saturated heterocycles. The summed E-state index contributed by atoms with van der Waals surface area (Å²) in [5.74, 6) is 1.49. The lowest BCUT2D eigenvalue weighted by atomic mass is 10.00. The molecule has 1 N–H and O–H groups in total. The van der Waals surface area contributed by atoms with Crippen molar-refractivity contribution in [1.82, 2.24) is 15.4 Å². The highest BCUT2D eigenvalue weighted by Crippen LogP contribution is 2.22. The molecule has 1 aromatic rings. The smallest absolute Gasteiger partial charge is 0.317 e. The highest BCUT2D eigenvalue weighted by molar-refractivity contribution is 5.74. The zero-order valence-corrected chi connectivity index (χ0v) is 14.0. The summed E-state index contributed by atoms with van der Waals surface area (Å²) in [6, 6.07) is 0.0117. The van der Waals surface area contributed by atoms with Gasteiger partial charge in [0.25, 0.3) is 0 Å². The molecule has 1 aliphatic heterocycles. The van der Waals surface area contributed by atoms with E-state index in [0.29, 0.717) is 12.5 Å². The summed E-state index contributed by atoms with van der Waals surface area (Å²) in [6.07, 6.45) is 1.02. The number of urea groups is 1. The summed E-state index contributed by atoms with van der Waals surface area (Å²) >= 11 is 0. The Morgan fingerprint density at radius 2 is 2.32 bits per heavy atom. The third-order valence-corrected chi connectivity index (χ3v) is 4.27. The summed E-state index contributed by atoms with van der Waals surface area (Å²) in [7, 11) is 0. The zero-order valence-electron chi connectivity index (χ0n) is 14.0. The van der Waals surface area contributed by atoms with Crippen LogP contribution in [0.25, 0.3) is 0 Å². The Kier molecular flexibility index (Phi) is 5.83. The third kappa shape index (κ3) is 4.00. The van der Waals surface area contributed by atoms with Crippen molar-refractivity contribution in [3.63, 3.8) is 0 Å². The lowest BCUT2D eigenvalue weighted by Crippen LogP contribution is -2.40. The van der Waals surface area contributed by atoms with Gasteiger partial charge in [0.2, 0.25) is 0 Å². The van der Waals surface area contributed by atoms with Crippen molar-refractivity contribution < 1.29 is 14.1 Å². The van der Waals surface area contributed by atoms with Crippen LogP contribution in [0.1, 0.15) is 43.2 Å². The van der Waals surface area contributed by atoms with Crippen molar-refractivity contribution in [2.75, 3.05) is 32.8 Å². The fourth-order valence-corrected chi connectivity index (χ4v) is 3.09. The van der Waals surface area contributed by atoms with Crippen molar-refractivity contribution in [2.24, 2.45) is 5.92 Å². The number of hydrogen-bond acceptors (Lipinski definition) is 4. The molecular weight excluding hydrogens is 282 g/mol. The van der Waals surface area contributed by atoms with Crippen LogP contribution in [0.2, 0.25) is 0 Å². The van der Waals surface area contributed by atoms with Crippen molar-refractivity contribution >= 4 is 6.03 Å². The van der Waals surface area contributed by atoms with Crippen LogP contribution >= 0.6 is 0 Å². The van der Waals surface area contributed by atoms with Crippen LogP contribution in [0, 0.1) is 19.8 Å². The normalized spacial score (nSPS) is 19.5. The number of rotatable bonds is 6.